The maximum Gasteiger partial charge on any atom is 0.145 e. The fraction of sp³-hybridized carbons (Fsp3) is 0.333. The molecule has 3 nitrogen and oxygen atoms in total. The van der Waals surface area contributed by atoms with Gasteiger partial charge in [-0.15, -0.1) is 11.8 Å². The van der Waals surface area contributed by atoms with Crippen LogP contribution in [0.3, 0.4) is 0 Å². The molecule has 1 aromatic rings. The van der Waals surface area contributed by atoms with Crippen LogP contribution in [0.25, 0.3) is 0 Å². The lowest BCUT2D eigenvalue weighted by molar-refractivity contribution is 0.325. The fourth-order valence-corrected chi connectivity index (χ4v) is 1.10. The van der Waals surface area contributed by atoms with Crippen molar-refractivity contribution in [3.8, 4) is 23.3 Å². The van der Waals surface area contributed by atoms with E-state index in [1.807, 2.05) is 0 Å². The van der Waals surface area contributed by atoms with Gasteiger partial charge >= 0.3 is 0 Å². The lowest BCUT2D eigenvalue weighted by atomic mass is 10.3. The normalized spacial score (nSPS) is 8.93. The molecule has 0 heterocycles. The minimum atomic E-state index is 0.540. The highest BCUT2D eigenvalue weighted by Gasteiger charge is 2.01. The van der Waals surface area contributed by atoms with Crippen molar-refractivity contribution in [1.29, 1.82) is 0 Å². The van der Waals surface area contributed by atoms with E-state index < -0.39 is 0 Å². The summed E-state index contributed by atoms with van der Waals surface area (Å²) in [7, 11) is 1.61. The van der Waals surface area contributed by atoms with Crippen LogP contribution < -0.4 is 15.2 Å². The van der Waals surface area contributed by atoms with E-state index in [0.717, 1.165) is 5.75 Å². The summed E-state index contributed by atoms with van der Waals surface area (Å²) in [4.78, 5) is 0. The monoisotopic (exact) mass is 205 g/mol. The molecular formula is C12H15NO2. The minimum Gasteiger partial charge on any atom is -0.497 e. The Kier molecular flexibility index (Phi) is 4.36. The van der Waals surface area contributed by atoms with Crippen LogP contribution in [0.4, 0.5) is 5.69 Å². The summed E-state index contributed by atoms with van der Waals surface area (Å²) in [5.74, 6) is 7.11. The number of anilines is 1. The van der Waals surface area contributed by atoms with Crippen molar-refractivity contribution >= 4 is 5.69 Å². The van der Waals surface area contributed by atoms with Crippen molar-refractivity contribution in [1.82, 2.24) is 0 Å². The average Bonchev–Trinajstić information content (AvgIpc) is 2.26. The molecule has 0 spiro atoms. The lowest BCUT2D eigenvalue weighted by Crippen LogP contribution is -1.99. The molecule has 0 unspecified atom stereocenters. The molecule has 0 aliphatic rings. The third kappa shape index (κ3) is 3.43. The van der Waals surface area contributed by atoms with Crippen LogP contribution in [0.5, 0.6) is 11.5 Å². The zero-order valence-corrected chi connectivity index (χ0v) is 9.04. The van der Waals surface area contributed by atoms with Crippen LogP contribution >= 0.6 is 0 Å². The van der Waals surface area contributed by atoms with E-state index in [-0.39, 0.29) is 0 Å². The molecule has 0 fully saturated rings. The van der Waals surface area contributed by atoms with Gasteiger partial charge in [0.25, 0.3) is 0 Å². The maximum atomic E-state index is 5.74. The van der Waals surface area contributed by atoms with Gasteiger partial charge in [0, 0.05) is 12.5 Å². The standard InChI is InChI=1S/C12H15NO2/c1-3-4-5-8-15-12-9-10(14-2)6-7-11(12)13/h6-7,9H,5,8,13H2,1-2H3. The van der Waals surface area contributed by atoms with E-state index in [2.05, 4.69) is 11.8 Å². The summed E-state index contributed by atoms with van der Waals surface area (Å²) in [6.45, 7) is 2.35. The first-order valence-corrected chi connectivity index (χ1v) is 4.74. The molecule has 0 aromatic heterocycles. The molecule has 1 rings (SSSR count). The summed E-state index contributed by atoms with van der Waals surface area (Å²) in [6.07, 6.45) is 0.702. The van der Waals surface area contributed by atoms with Gasteiger partial charge in [-0.2, -0.15) is 0 Å². The van der Waals surface area contributed by atoms with Crippen molar-refractivity contribution in [3.05, 3.63) is 18.2 Å². The Balaban J connectivity index is 2.61. The second-order valence-corrected chi connectivity index (χ2v) is 2.93. The molecule has 0 saturated heterocycles. The second-order valence-electron chi connectivity index (χ2n) is 2.93. The Hall–Kier alpha value is -1.82. The third-order valence-electron chi connectivity index (χ3n) is 1.88. The second kappa shape index (κ2) is 5.82. The predicted molar refractivity (Wildman–Crippen MR) is 61.0 cm³/mol. The molecule has 0 saturated carbocycles. The Bertz CT molecular complexity index is 377. The molecule has 15 heavy (non-hydrogen) atoms. The summed E-state index contributed by atoms with van der Waals surface area (Å²) in [5.41, 5.74) is 6.35. The predicted octanol–water partition coefficient (Wildman–Crippen LogP) is 2.07. The number of benzene rings is 1. The molecule has 80 valence electrons. The molecule has 0 radical (unpaired) electrons. The zero-order valence-electron chi connectivity index (χ0n) is 9.04. The maximum absolute atomic E-state index is 5.74. The average molecular weight is 205 g/mol. The van der Waals surface area contributed by atoms with Crippen molar-refractivity contribution in [2.75, 3.05) is 19.5 Å². The van der Waals surface area contributed by atoms with Gasteiger partial charge in [0.1, 0.15) is 11.5 Å². The van der Waals surface area contributed by atoms with Gasteiger partial charge in [0.2, 0.25) is 0 Å². The molecule has 0 atom stereocenters. The van der Waals surface area contributed by atoms with Crippen LogP contribution in [0.15, 0.2) is 18.2 Å². The Morgan fingerprint density at radius 2 is 2.20 bits per heavy atom. The number of hydrogen-bond donors (Lipinski definition) is 1. The number of nitrogens with two attached hydrogens (primary N) is 1. The quantitative estimate of drug-likeness (QED) is 0.465. The first-order chi connectivity index (χ1) is 7.27. The van der Waals surface area contributed by atoms with Crippen molar-refractivity contribution in [3.63, 3.8) is 0 Å². The minimum absolute atomic E-state index is 0.540. The van der Waals surface area contributed by atoms with E-state index in [4.69, 9.17) is 15.2 Å². The molecule has 0 aliphatic carbocycles. The van der Waals surface area contributed by atoms with Gasteiger partial charge in [0.15, 0.2) is 0 Å². The van der Waals surface area contributed by atoms with Crippen LogP contribution in [-0.2, 0) is 0 Å². The highest BCUT2D eigenvalue weighted by atomic mass is 16.5. The summed E-state index contributed by atoms with van der Waals surface area (Å²) in [6, 6.07) is 5.34. The van der Waals surface area contributed by atoms with E-state index in [9.17, 15) is 0 Å². The van der Waals surface area contributed by atoms with Crippen LogP contribution in [0, 0.1) is 11.8 Å². The van der Waals surface area contributed by atoms with Gasteiger partial charge < -0.3 is 15.2 Å². The largest absolute Gasteiger partial charge is 0.497 e. The van der Waals surface area contributed by atoms with Crippen LogP contribution in [0.1, 0.15) is 13.3 Å². The van der Waals surface area contributed by atoms with Crippen LogP contribution in [-0.4, -0.2) is 13.7 Å². The number of rotatable bonds is 4. The van der Waals surface area contributed by atoms with Crippen molar-refractivity contribution < 1.29 is 9.47 Å². The number of nitrogen functional groups attached to an aromatic ring is 1. The van der Waals surface area contributed by atoms with Crippen molar-refractivity contribution in [2.24, 2.45) is 0 Å². The molecule has 0 bridgehead atoms. The summed E-state index contributed by atoms with van der Waals surface area (Å²) in [5, 5.41) is 0. The van der Waals surface area contributed by atoms with Crippen molar-refractivity contribution in [2.45, 2.75) is 13.3 Å². The summed E-state index contributed by atoms with van der Waals surface area (Å²) >= 11 is 0. The molecule has 3 heteroatoms. The Morgan fingerprint density at radius 3 is 2.87 bits per heavy atom. The highest BCUT2D eigenvalue weighted by Crippen LogP contribution is 2.26. The topological polar surface area (TPSA) is 44.5 Å². The number of ether oxygens (including phenoxy) is 2. The van der Waals surface area contributed by atoms with Gasteiger partial charge in [-0.25, -0.2) is 0 Å². The highest BCUT2D eigenvalue weighted by molar-refractivity contribution is 5.55. The smallest absolute Gasteiger partial charge is 0.145 e. The molecule has 0 amide bonds. The Labute approximate surface area is 90.2 Å². The van der Waals surface area contributed by atoms with Crippen LogP contribution in [0.2, 0.25) is 0 Å². The molecule has 2 N–H and O–H groups in total. The van der Waals surface area contributed by atoms with E-state index in [1.165, 1.54) is 0 Å². The fourth-order valence-electron chi connectivity index (χ4n) is 1.10. The molecular weight excluding hydrogens is 190 g/mol. The Morgan fingerprint density at radius 1 is 1.40 bits per heavy atom. The van der Waals surface area contributed by atoms with E-state index in [1.54, 1.807) is 32.2 Å². The van der Waals surface area contributed by atoms with Gasteiger partial charge in [-0.05, 0) is 19.1 Å². The zero-order chi connectivity index (χ0) is 11.1. The van der Waals surface area contributed by atoms with Gasteiger partial charge in [0.05, 0.1) is 19.4 Å². The first-order valence-electron chi connectivity index (χ1n) is 4.74. The molecule has 1 aromatic carbocycles. The molecule has 0 aliphatic heterocycles. The van der Waals surface area contributed by atoms with E-state index >= 15 is 0 Å². The van der Waals surface area contributed by atoms with Gasteiger partial charge in [-0.3, -0.25) is 0 Å². The van der Waals surface area contributed by atoms with Gasteiger partial charge in [-0.1, -0.05) is 0 Å². The number of methoxy groups -OCH3 is 1. The summed E-state index contributed by atoms with van der Waals surface area (Å²) < 4.78 is 10.5. The van der Waals surface area contributed by atoms with E-state index in [0.29, 0.717) is 24.5 Å². The lowest BCUT2D eigenvalue weighted by Gasteiger charge is -2.08. The first kappa shape index (κ1) is 11.3. The SMILES string of the molecule is CC#CCCOc1cc(OC)ccc1N. The number of hydrogen-bond acceptors (Lipinski definition) is 3. The third-order valence-corrected chi connectivity index (χ3v) is 1.88.